The van der Waals surface area contributed by atoms with E-state index in [0.29, 0.717) is 0 Å². The predicted octanol–water partition coefficient (Wildman–Crippen LogP) is 15.5. The number of hydrogen-bond donors (Lipinski definition) is 1. The van der Waals surface area contributed by atoms with Crippen molar-refractivity contribution in [2.24, 2.45) is 0 Å². The van der Waals surface area contributed by atoms with Crippen LogP contribution in [0.25, 0.3) is 90.1 Å². The molecule has 0 spiro atoms. The lowest BCUT2D eigenvalue weighted by molar-refractivity contribution is 0.590. The van der Waals surface area contributed by atoms with Gasteiger partial charge in [0.1, 0.15) is 0 Å². The van der Waals surface area contributed by atoms with Crippen molar-refractivity contribution in [3.8, 4) is 27.9 Å². The third kappa shape index (κ3) is 5.44. The van der Waals surface area contributed by atoms with Gasteiger partial charge in [-0.1, -0.05) is 140 Å². The molecule has 0 saturated carbocycles. The van der Waals surface area contributed by atoms with Gasteiger partial charge in [-0.05, 0) is 116 Å². The van der Waals surface area contributed by atoms with Crippen LogP contribution in [0, 0.1) is 0 Å². The molecule has 2 nitrogen and oxygen atoms in total. The lowest BCUT2D eigenvalue weighted by atomic mass is 9.58. The maximum Gasteiger partial charge on any atom is 0.198 e. The van der Waals surface area contributed by atoms with Crippen molar-refractivity contribution in [1.29, 1.82) is 0 Å². The number of aromatic nitrogens is 1. The van der Waals surface area contributed by atoms with Crippen molar-refractivity contribution in [2.45, 2.75) is 71.6 Å². The monoisotopic (exact) mass is 860 g/mol. The highest BCUT2D eigenvalue weighted by Gasteiger charge is 2.38. The van der Waals surface area contributed by atoms with Crippen LogP contribution in [0.4, 0.5) is 11.4 Å². The summed E-state index contributed by atoms with van der Waals surface area (Å²) in [5.74, 6) is 0. The minimum Gasteiger partial charge on any atom is -0.355 e. The molecule has 310 valence electrons. The van der Waals surface area contributed by atoms with E-state index in [-0.39, 0.29) is 16.2 Å². The van der Waals surface area contributed by atoms with Crippen LogP contribution in [0.5, 0.6) is 0 Å². The summed E-state index contributed by atoms with van der Waals surface area (Å²) in [5, 5.41) is 12.0. The van der Waals surface area contributed by atoms with Crippen LogP contribution < -0.4 is 16.2 Å². The molecule has 0 fully saturated rings. The second kappa shape index (κ2) is 13.0. The average Bonchev–Trinajstić information content (AvgIpc) is 3.98. The molecular weight excluding hydrogens is 812 g/mol. The molecular formula is C59H49BN2S2. The van der Waals surface area contributed by atoms with Gasteiger partial charge in [0.2, 0.25) is 0 Å². The van der Waals surface area contributed by atoms with Crippen molar-refractivity contribution in [3.05, 3.63) is 162 Å². The van der Waals surface area contributed by atoms with E-state index in [1.54, 1.807) is 0 Å². The van der Waals surface area contributed by atoms with E-state index in [1.165, 1.54) is 123 Å². The Bertz CT molecular complexity index is 3820. The van der Waals surface area contributed by atoms with Crippen molar-refractivity contribution < 1.29 is 0 Å². The third-order valence-electron chi connectivity index (χ3n) is 14.7. The molecule has 1 aliphatic heterocycles. The standard InChI is InChI=1S/C59H49BN2S2/c1-57(2,3)32-17-20-34(21-18-32)61-48-28-44-42-25-33(58(4,5)6)19-24-52(42)64-53(44)29-40(48)37-22-23-38-41-26-43-36-14-10-12-16-51(36)63-54(43)31-49(41)62-50-30-46-39(27-47(50)60-55(37)56(38)62)35-13-9-11-15-45(35)59(46,7)8/h9-31,60-61H,1-8H3. The number of anilines is 2. The van der Waals surface area contributed by atoms with Crippen LogP contribution in [-0.2, 0) is 16.2 Å². The topological polar surface area (TPSA) is 17.0 Å². The van der Waals surface area contributed by atoms with Gasteiger partial charge in [0.15, 0.2) is 7.28 Å². The molecule has 64 heavy (non-hydrogen) atoms. The van der Waals surface area contributed by atoms with E-state index in [1.807, 2.05) is 22.7 Å². The van der Waals surface area contributed by atoms with Gasteiger partial charge in [0.05, 0.1) is 5.52 Å². The summed E-state index contributed by atoms with van der Waals surface area (Å²) in [4.78, 5) is 0. The van der Waals surface area contributed by atoms with Crippen molar-refractivity contribution in [3.63, 3.8) is 0 Å². The fourth-order valence-electron chi connectivity index (χ4n) is 11.2. The summed E-state index contributed by atoms with van der Waals surface area (Å²) >= 11 is 3.82. The fourth-order valence-corrected chi connectivity index (χ4v) is 13.4. The average molecular weight is 861 g/mol. The molecule has 2 aliphatic rings. The van der Waals surface area contributed by atoms with Gasteiger partial charge in [0.25, 0.3) is 0 Å². The molecule has 1 aliphatic carbocycles. The second-order valence-corrected chi connectivity index (χ2v) is 23.2. The molecule has 0 radical (unpaired) electrons. The van der Waals surface area contributed by atoms with Gasteiger partial charge in [-0.15, -0.1) is 22.7 Å². The minimum absolute atomic E-state index is 0.0608. The van der Waals surface area contributed by atoms with E-state index in [2.05, 4.69) is 205 Å². The highest BCUT2D eigenvalue weighted by molar-refractivity contribution is 7.26. The Morgan fingerprint density at radius 2 is 1.19 bits per heavy atom. The number of rotatable bonds is 3. The van der Waals surface area contributed by atoms with Crippen molar-refractivity contribution in [1.82, 2.24) is 4.57 Å². The highest BCUT2D eigenvalue weighted by Crippen LogP contribution is 2.51. The molecule has 0 unspecified atom stereocenters. The summed E-state index contributed by atoms with van der Waals surface area (Å²) in [6, 6.07) is 54.1. The Labute approximate surface area is 383 Å². The summed E-state index contributed by atoms with van der Waals surface area (Å²) in [7, 11) is 0.852. The smallest absolute Gasteiger partial charge is 0.198 e. The molecule has 1 N–H and O–H groups in total. The highest BCUT2D eigenvalue weighted by atomic mass is 32.1. The third-order valence-corrected chi connectivity index (χ3v) is 17.0. The Hall–Kier alpha value is -6.14. The van der Waals surface area contributed by atoms with Gasteiger partial charge in [-0.2, -0.15) is 0 Å². The van der Waals surface area contributed by atoms with Gasteiger partial charge in [-0.3, -0.25) is 0 Å². The van der Waals surface area contributed by atoms with Crippen LogP contribution in [-0.4, -0.2) is 11.8 Å². The maximum atomic E-state index is 4.01. The molecule has 3 aromatic heterocycles. The Morgan fingerprint density at radius 1 is 0.500 bits per heavy atom. The SMILES string of the molecule is CC(C)(C)c1ccc(Nc2cc3c(cc2-c2ccc4c5cc6c(cc5n5c4c2Bc2cc4c(cc2-5)C(C)(C)c2ccccc2-4)sc2ccccc26)sc2ccc(C(C)(C)C)cc23)cc1. The molecule has 0 atom stereocenters. The van der Waals surface area contributed by atoms with E-state index < -0.39 is 0 Å². The zero-order valence-corrected chi connectivity index (χ0v) is 39.4. The first-order valence-corrected chi connectivity index (χ1v) is 24.4. The quantitative estimate of drug-likeness (QED) is 0.175. The number of thiophene rings is 2. The van der Waals surface area contributed by atoms with E-state index in [0.717, 1.165) is 18.7 Å². The summed E-state index contributed by atoms with van der Waals surface area (Å²) in [5.41, 5.74) is 19.8. The van der Waals surface area contributed by atoms with E-state index in [9.17, 15) is 0 Å². The molecule has 11 aromatic rings. The predicted molar refractivity (Wildman–Crippen MR) is 283 cm³/mol. The van der Waals surface area contributed by atoms with Crippen LogP contribution in [0.1, 0.15) is 77.6 Å². The van der Waals surface area contributed by atoms with Crippen molar-refractivity contribution in [2.75, 3.05) is 5.32 Å². The first-order valence-electron chi connectivity index (χ1n) is 22.8. The number of hydrogen-bond acceptors (Lipinski definition) is 3. The van der Waals surface area contributed by atoms with Gasteiger partial charge in [0, 0.05) is 84.7 Å². The summed E-state index contributed by atoms with van der Waals surface area (Å²) in [6.07, 6.45) is 0. The zero-order chi connectivity index (χ0) is 43.6. The van der Waals surface area contributed by atoms with Gasteiger partial charge >= 0.3 is 0 Å². The lowest BCUT2D eigenvalue weighted by Gasteiger charge is -2.27. The molecule has 8 aromatic carbocycles. The van der Waals surface area contributed by atoms with Crippen LogP contribution in [0.3, 0.4) is 0 Å². The van der Waals surface area contributed by atoms with E-state index in [4.69, 9.17) is 0 Å². The van der Waals surface area contributed by atoms with Crippen molar-refractivity contribution >= 4 is 114 Å². The Balaban J connectivity index is 1.10. The number of benzene rings is 8. The summed E-state index contributed by atoms with van der Waals surface area (Å²) in [6.45, 7) is 18.6. The molecule has 0 amide bonds. The van der Waals surface area contributed by atoms with Crippen LogP contribution >= 0.6 is 22.7 Å². The second-order valence-electron chi connectivity index (χ2n) is 21.1. The molecule has 0 bridgehead atoms. The van der Waals surface area contributed by atoms with Crippen LogP contribution in [0.15, 0.2) is 140 Å². The van der Waals surface area contributed by atoms with E-state index >= 15 is 0 Å². The Kier molecular flexibility index (Phi) is 7.78. The molecule has 5 heteroatoms. The Morgan fingerprint density at radius 3 is 1.98 bits per heavy atom. The van der Waals surface area contributed by atoms with Gasteiger partial charge < -0.3 is 9.88 Å². The normalized spacial score (nSPS) is 14.2. The summed E-state index contributed by atoms with van der Waals surface area (Å²) < 4.78 is 7.97. The lowest BCUT2D eigenvalue weighted by Crippen LogP contribution is -2.37. The zero-order valence-electron chi connectivity index (χ0n) is 37.7. The first kappa shape index (κ1) is 38.3. The number of nitrogens with zero attached hydrogens (tertiary/aromatic N) is 1. The molecule has 4 heterocycles. The maximum absolute atomic E-state index is 4.01. The number of nitrogens with one attached hydrogen (secondary N) is 1. The van der Waals surface area contributed by atoms with Crippen LogP contribution in [0.2, 0.25) is 0 Å². The number of fused-ring (bicyclic) bond motifs is 14. The molecule has 13 rings (SSSR count). The largest absolute Gasteiger partial charge is 0.355 e. The first-order chi connectivity index (χ1) is 30.7. The fraction of sp³-hybridized carbons (Fsp3) is 0.186. The minimum atomic E-state index is -0.0944. The van der Waals surface area contributed by atoms with Gasteiger partial charge in [-0.25, -0.2) is 0 Å². The molecule has 0 saturated heterocycles.